The van der Waals surface area contributed by atoms with Gasteiger partial charge in [-0.1, -0.05) is 13.8 Å². The molecule has 0 bridgehead atoms. The van der Waals surface area contributed by atoms with Crippen LogP contribution in [0.15, 0.2) is 0 Å². The summed E-state index contributed by atoms with van der Waals surface area (Å²) in [5.41, 5.74) is -1.56. The molecule has 4 heteroatoms. The van der Waals surface area contributed by atoms with Gasteiger partial charge in [-0.05, 0) is 25.7 Å². The molecule has 1 aliphatic rings. The molecular weight excluding hydrogens is 179 g/mol. The van der Waals surface area contributed by atoms with Crippen LogP contribution >= 0.6 is 0 Å². The molecule has 1 nitrogen and oxygen atoms in total. The van der Waals surface area contributed by atoms with E-state index in [-0.39, 0.29) is 24.8 Å². The van der Waals surface area contributed by atoms with Crippen molar-refractivity contribution in [3.05, 3.63) is 0 Å². The fourth-order valence-electron chi connectivity index (χ4n) is 1.24. The van der Waals surface area contributed by atoms with Crippen LogP contribution in [0.1, 0.15) is 33.6 Å². The van der Waals surface area contributed by atoms with Crippen molar-refractivity contribution in [3.8, 4) is 0 Å². The molecule has 0 aromatic heterocycles. The van der Waals surface area contributed by atoms with E-state index >= 15 is 0 Å². The molecule has 1 fully saturated rings. The molecule has 0 saturated heterocycles. The molecule has 78 valence electrons. The van der Waals surface area contributed by atoms with Crippen LogP contribution in [-0.4, -0.2) is 17.8 Å². The quantitative estimate of drug-likeness (QED) is 0.730. The number of alkyl halides is 3. The SMILES string of the molecule is CC(C)C(C)NC1(C(F)(F)F)CC1. The number of hydrogen-bond donors (Lipinski definition) is 1. The van der Waals surface area contributed by atoms with Crippen LogP contribution < -0.4 is 5.32 Å². The van der Waals surface area contributed by atoms with Crippen molar-refractivity contribution in [2.45, 2.75) is 51.4 Å². The Hall–Kier alpha value is -0.250. The second-order valence-corrected chi connectivity index (χ2v) is 4.26. The third-order valence-corrected chi connectivity index (χ3v) is 2.80. The monoisotopic (exact) mass is 195 g/mol. The first-order valence-electron chi connectivity index (χ1n) is 4.63. The second kappa shape index (κ2) is 3.15. The lowest BCUT2D eigenvalue weighted by Gasteiger charge is -2.27. The Morgan fingerprint density at radius 3 is 1.85 bits per heavy atom. The minimum Gasteiger partial charge on any atom is -0.301 e. The zero-order chi connectivity index (χ0) is 10.3. The Morgan fingerprint density at radius 1 is 1.15 bits per heavy atom. The summed E-state index contributed by atoms with van der Waals surface area (Å²) in [5.74, 6) is 0.236. The maximum atomic E-state index is 12.5. The summed E-state index contributed by atoms with van der Waals surface area (Å²) in [7, 11) is 0. The summed E-state index contributed by atoms with van der Waals surface area (Å²) in [6.45, 7) is 5.64. The molecular formula is C9H16F3N. The highest BCUT2D eigenvalue weighted by Gasteiger charge is 2.63. The third kappa shape index (κ3) is 2.16. The molecule has 13 heavy (non-hydrogen) atoms. The molecule has 1 atom stereocenters. The first-order chi connectivity index (χ1) is 5.78. The summed E-state index contributed by atoms with van der Waals surface area (Å²) >= 11 is 0. The van der Waals surface area contributed by atoms with Crippen molar-refractivity contribution in [1.29, 1.82) is 0 Å². The molecule has 1 rings (SSSR count). The standard InChI is InChI=1S/C9H16F3N/c1-6(2)7(3)13-8(4-5-8)9(10,11)12/h6-7,13H,4-5H2,1-3H3. The maximum Gasteiger partial charge on any atom is 0.406 e. The van der Waals surface area contributed by atoms with E-state index in [2.05, 4.69) is 5.32 Å². The van der Waals surface area contributed by atoms with E-state index in [1.54, 1.807) is 6.92 Å². The highest BCUT2D eigenvalue weighted by molar-refractivity contribution is 5.08. The van der Waals surface area contributed by atoms with Gasteiger partial charge in [-0.2, -0.15) is 13.2 Å². The molecule has 0 amide bonds. The lowest BCUT2D eigenvalue weighted by molar-refractivity contribution is -0.168. The second-order valence-electron chi connectivity index (χ2n) is 4.26. The van der Waals surface area contributed by atoms with Gasteiger partial charge in [-0.3, -0.25) is 0 Å². The zero-order valence-corrected chi connectivity index (χ0v) is 8.20. The highest BCUT2D eigenvalue weighted by Crippen LogP contribution is 2.49. The Kier molecular flexibility index (Phi) is 2.63. The van der Waals surface area contributed by atoms with Crippen molar-refractivity contribution >= 4 is 0 Å². The smallest absolute Gasteiger partial charge is 0.301 e. The topological polar surface area (TPSA) is 12.0 Å². The Balaban J connectivity index is 2.54. The minimum absolute atomic E-state index is 0.0795. The van der Waals surface area contributed by atoms with Crippen molar-refractivity contribution in [2.75, 3.05) is 0 Å². The average molecular weight is 195 g/mol. The van der Waals surface area contributed by atoms with Crippen molar-refractivity contribution in [1.82, 2.24) is 5.32 Å². The van der Waals surface area contributed by atoms with E-state index in [0.717, 1.165) is 0 Å². The molecule has 0 spiro atoms. The van der Waals surface area contributed by atoms with E-state index in [1.807, 2.05) is 13.8 Å². The summed E-state index contributed by atoms with van der Waals surface area (Å²) in [6, 6.07) is -0.0795. The fraction of sp³-hybridized carbons (Fsp3) is 1.00. The largest absolute Gasteiger partial charge is 0.406 e. The fourth-order valence-corrected chi connectivity index (χ4v) is 1.24. The third-order valence-electron chi connectivity index (χ3n) is 2.80. The lowest BCUT2D eigenvalue weighted by atomic mass is 10.0. The van der Waals surface area contributed by atoms with Gasteiger partial charge in [0.05, 0.1) is 0 Å². The first kappa shape index (κ1) is 10.8. The highest BCUT2D eigenvalue weighted by atomic mass is 19.4. The van der Waals surface area contributed by atoms with Gasteiger partial charge in [0, 0.05) is 6.04 Å². The Morgan fingerprint density at radius 2 is 1.62 bits per heavy atom. The number of rotatable bonds is 3. The van der Waals surface area contributed by atoms with Crippen LogP contribution in [0.3, 0.4) is 0 Å². The average Bonchev–Trinajstić information content (AvgIpc) is 2.66. The van der Waals surface area contributed by atoms with Crippen molar-refractivity contribution in [3.63, 3.8) is 0 Å². The molecule has 0 aromatic rings. The predicted octanol–water partition coefficient (Wildman–Crippen LogP) is 2.72. The van der Waals surface area contributed by atoms with E-state index in [0.29, 0.717) is 0 Å². The van der Waals surface area contributed by atoms with E-state index in [4.69, 9.17) is 0 Å². The van der Waals surface area contributed by atoms with Gasteiger partial charge >= 0.3 is 6.18 Å². The Labute approximate surface area is 76.7 Å². The molecule has 1 unspecified atom stereocenters. The van der Waals surface area contributed by atoms with Gasteiger partial charge < -0.3 is 5.32 Å². The first-order valence-corrected chi connectivity index (χ1v) is 4.63. The molecule has 0 aliphatic heterocycles. The zero-order valence-electron chi connectivity index (χ0n) is 8.20. The van der Waals surface area contributed by atoms with Gasteiger partial charge in [-0.25, -0.2) is 0 Å². The summed E-state index contributed by atoms with van der Waals surface area (Å²) < 4.78 is 37.4. The molecule has 0 radical (unpaired) electrons. The van der Waals surface area contributed by atoms with Gasteiger partial charge in [0.2, 0.25) is 0 Å². The molecule has 0 heterocycles. The predicted molar refractivity (Wildman–Crippen MR) is 45.5 cm³/mol. The van der Waals surface area contributed by atoms with Crippen LogP contribution in [0.5, 0.6) is 0 Å². The number of hydrogen-bond acceptors (Lipinski definition) is 1. The molecule has 0 aromatic carbocycles. The maximum absolute atomic E-state index is 12.5. The molecule has 1 saturated carbocycles. The molecule has 1 aliphatic carbocycles. The summed E-state index contributed by atoms with van der Waals surface area (Å²) in [5, 5.41) is 2.68. The van der Waals surface area contributed by atoms with Crippen LogP contribution in [0.4, 0.5) is 13.2 Å². The van der Waals surface area contributed by atoms with Crippen molar-refractivity contribution < 1.29 is 13.2 Å². The Bertz CT molecular complexity index is 182. The van der Waals surface area contributed by atoms with Crippen LogP contribution in [-0.2, 0) is 0 Å². The number of nitrogens with one attached hydrogen (secondary N) is 1. The summed E-state index contributed by atoms with van der Waals surface area (Å²) in [6.07, 6.45) is -3.63. The molecule has 1 N–H and O–H groups in total. The van der Waals surface area contributed by atoms with Gasteiger partial charge in [0.15, 0.2) is 0 Å². The van der Waals surface area contributed by atoms with Crippen LogP contribution in [0, 0.1) is 5.92 Å². The van der Waals surface area contributed by atoms with E-state index in [9.17, 15) is 13.2 Å². The van der Waals surface area contributed by atoms with Gasteiger partial charge in [0.25, 0.3) is 0 Å². The normalized spacial score (nSPS) is 23.3. The number of halogens is 3. The lowest BCUT2D eigenvalue weighted by Crippen LogP contribution is -2.50. The van der Waals surface area contributed by atoms with Crippen LogP contribution in [0.25, 0.3) is 0 Å². The van der Waals surface area contributed by atoms with E-state index < -0.39 is 11.7 Å². The van der Waals surface area contributed by atoms with Crippen LogP contribution in [0.2, 0.25) is 0 Å². The minimum atomic E-state index is -4.09. The van der Waals surface area contributed by atoms with Gasteiger partial charge in [-0.15, -0.1) is 0 Å². The van der Waals surface area contributed by atoms with E-state index in [1.165, 1.54) is 0 Å². The van der Waals surface area contributed by atoms with Gasteiger partial charge in [0.1, 0.15) is 5.54 Å². The summed E-state index contributed by atoms with van der Waals surface area (Å²) in [4.78, 5) is 0. The van der Waals surface area contributed by atoms with Crippen molar-refractivity contribution in [2.24, 2.45) is 5.92 Å².